The van der Waals surface area contributed by atoms with E-state index >= 15 is 0 Å². The van der Waals surface area contributed by atoms with Crippen molar-refractivity contribution < 1.29 is 14.3 Å². The van der Waals surface area contributed by atoms with E-state index in [1.807, 2.05) is 29.3 Å². The average molecular weight is 423 g/mol. The first-order chi connectivity index (χ1) is 14.4. The molecule has 0 radical (unpaired) electrons. The Hall–Kier alpha value is -3.18. The minimum Gasteiger partial charge on any atom is -0.462 e. The summed E-state index contributed by atoms with van der Waals surface area (Å²) >= 11 is 1.30. The molecule has 30 heavy (non-hydrogen) atoms. The molecule has 1 saturated heterocycles. The summed E-state index contributed by atoms with van der Waals surface area (Å²) in [6, 6.07) is 8.35. The first kappa shape index (κ1) is 20.1. The van der Waals surface area contributed by atoms with E-state index in [-0.39, 0.29) is 17.9 Å². The molecule has 3 aromatic rings. The Labute approximate surface area is 178 Å². The van der Waals surface area contributed by atoms with Gasteiger partial charge in [-0.3, -0.25) is 4.79 Å². The summed E-state index contributed by atoms with van der Waals surface area (Å²) in [7, 11) is 0. The first-order valence-corrected chi connectivity index (χ1v) is 10.7. The lowest BCUT2D eigenvalue weighted by Crippen LogP contribution is -2.26. The Morgan fingerprint density at radius 3 is 2.87 bits per heavy atom. The van der Waals surface area contributed by atoms with E-state index in [1.165, 1.54) is 11.3 Å². The van der Waals surface area contributed by atoms with Gasteiger partial charge in [-0.15, -0.1) is 11.3 Å². The number of amides is 1. The molecule has 4 rings (SSSR count). The summed E-state index contributed by atoms with van der Waals surface area (Å²) in [5, 5.41) is 11.2. The van der Waals surface area contributed by atoms with Crippen LogP contribution in [0, 0.1) is 18.3 Å². The molecule has 1 aliphatic rings. The van der Waals surface area contributed by atoms with E-state index in [0.717, 1.165) is 34.4 Å². The number of esters is 1. The molecule has 8 heteroatoms. The van der Waals surface area contributed by atoms with Gasteiger partial charge in [-0.1, -0.05) is 0 Å². The lowest BCUT2D eigenvalue weighted by atomic mass is 10.1. The van der Waals surface area contributed by atoms with Gasteiger partial charge in [0.1, 0.15) is 16.0 Å². The van der Waals surface area contributed by atoms with E-state index in [1.54, 1.807) is 20.8 Å². The Morgan fingerprint density at radius 2 is 2.20 bits per heavy atom. The van der Waals surface area contributed by atoms with E-state index in [4.69, 9.17) is 4.74 Å². The summed E-state index contributed by atoms with van der Waals surface area (Å²) in [6.45, 7) is 6.86. The highest BCUT2D eigenvalue weighted by Gasteiger charge is 2.27. The van der Waals surface area contributed by atoms with Crippen molar-refractivity contribution in [2.24, 2.45) is 0 Å². The molecule has 0 aliphatic carbocycles. The number of ether oxygens (including phenoxy) is 1. The lowest BCUT2D eigenvalue weighted by Gasteiger charge is -2.16. The van der Waals surface area contributed by atoms with Gasteiger partial charge in [0.05, 0.1) is 23.9 Å². The van der Waals surface area contributed by atoms with Crippen LogP contribution in [0.2, 0.25) is 0 Å². The standard InChI is InChI=1S/C22H22N4O3S/c1-4-29-22(28)20-13(2)24-21(30-20)15-5-6-19-18(9-15)16(10-23)11-26(19)17-7-8-25(12-17)14(3)27/h5-6,9,11,17H,4,7-8,12H2,1-3H3. The number of thiazole rings is 1. The predicted molar refractivity (Wildman–Crippen MR) is 114 cm³/mol. The second-order valence-corrected chi connectivity index (χ2v) is 8.35. The third-order valence-corrected chi connectivity index (χ3v) is 6.65. The maximum atomic E-state index is 12.1. The van der Waals surface area contributed by atoms with Crippen molar-refractivity contribution in [3.8, 4) is 16.6 Å². The van der Waals surface area contributed by atoms with Crippen molar-refractivity contribution in [2.75, 3.05) is 19.7 Å². The Bertz CT molecular complexity index is 1190. The molecule has 0 spiro atoms. The number of hydrogen-bond donors (Lipinski definition) is 0. The highest BCUT2D eigenvalue weighted by Crippen LogP contribution is 2.34. The Morgan fingerprint density at radius 1 is 1.40 bits per heavy atom. The van der Waals surface area contributed by atoms with Crippen molar-refractivity contribution >= 4 is 34.1 Å². The summed E-state index contributed by atoms with van der Waals surface area (Å²) < 4.78 is 7.22. The number of fused-ring (bicyclic) bond motifs is 1. The van der Waals surface area contributed by atoms with Gasteiger partial charge in [0.2, 0.25) is 5.91 Å². The fraction of sp³-hybridized carbons (Fsp3) is 0.364. The number of rotatable bonds is 4. The van der Waals surface area contributed by atoms with Crippen LogP contribution >= 0.6 is 11.3 Å². The van der Waals surface area contributed by atoms with Crippen molar-refractivity contribution in [2.45, 2.75) is 33.2 Å². The fourth-order valence-corrected chi connectivity index (χ4v) is 4.90. The van der Waals surface area contributed by atoms with Gasteiger partial charge in [-0.05, 0) is 38.5 Å². The smallest absolute Gasteiger partial charge is 0.350 e. The van der Waals surface area contributed by atoms with Gasteiger partial charge < -0.3 is 14.2 Å². The maximum absolute atomic E-state index is 12.1. The summed E-state index contributed by atoms with van der Waals surface area (Å²) in [5.74, 6) is -0.284. The molecule has 154 valence electrons. The van der Waals surface area contributed by atoms with Crippen LogP contribution in [-0.4, -0.2) is 46.0 Å². The van der Waals surface area contributed by atoms with E-state index in [2.05, 4.69) is 15.6 Å². The number of carbonyl (C=O) groups is 2. The number of aromatic nitrogens is 2. The zero-order chi connectivity index (χ0) is 21.4. The van der Waals surface area contributed by atoms with Crippen molar-refractivity contribution in [1.29, 1.82) is 5.26 Å². The zero-order valence-electron chi connectivity index (χ0n) is 17.1. The monoisotopic (exact) mass is 422 g/mol. The van der Waals surface area contributed by atoms with E-state index < -0.39 is 0 Å². The number of nitrogens with zero attached hydrogens (tertiary/aromatic N) is 4. The number of nitriles is 1. The molecule has 2 aromatic heterocycles. The van der Waals surface area contributed by atoms with Crippen LogP contribution in [0.25, 0.3) is 21.5 Å². The zero-order valence-corrected chi connectivity index (χ0v) is 18.0. The normalized spacial score (nSPS) is 16.1. The molecule has 3 heterocycles. The van der Waals surface area contributed by atoms with Crippen LogP contribution in [-0.2, 0) is 9.53 Å². The summed E-state index contributed by atoms with van der Waals surface area (Å²) in [6.07, 6.45) is 2.74. The maximum Gasteiger partial charge on any atom is 0.350 e. The second kappa shape index (κ2) is 7.92. The molecule has 0 N–H and O–H groups in total. The molecule has 1 amide bonds. The average Bonchev–Trinajstić information content (AvgIpc) is 3.44. The van der Waals surface area contributed by atoms with Crippen LogP contribution in [0.4, 0.5) is 0 Å². The molecule has 1 atom stereocenters. The molecule has 7 nitrogen and oxygen atoms in total. The van der Waals surface area contributed by atoms with Crippen LogP contribution in [0.1, 0.15) is 47.2 Å². The molecule has 1 unspecified atom stereocenters. The SMILES string of the molecule is CCOC(=O)c1sc(-c2ccc3c(c2)c(C#N)cn3C2CCN(C(C)=O)C2)nc1C. The highest BCUT2D eigenvalue weighted by molar-refractivity contribution is 7.17. The third kappa shape index (κ3) is 3.46. The molecular weight excluding hydrogens is 400 g/mol. The van der Waals surface area contributed by atoms with Crippen molar-refractivity contribution in [1.82, 2.24) is 14.5 Å². The van der Waals surface area contributed by atoms with Gasteiger partial charge in [-0.2, -0.15) is 5.26 Å². The highest BCUT2D eigenvalue weighted by atomic mass is 32.1. The topological polar surface area (TPSA) is 88.2 Å². The van der Waals surface area contributed by atoms with Crippen LogP contribution < -0.4 is 0 Å². The van der Waals surface area contributed by atoms with Crippen LogP contribution in [0.15, 0.2) is 24.4 Å². The number of aryl methyl sites for hydroxylation is 1. The third-order valence-electron chi connectivity index (χ3n) is 5.46. The molecular formula is C22H22N4O3S. The van der Waals surface area contributed by atoms with Gasteiger partial charge in [0.25, 0.3) is 0 Å². The van der Waals surface area contributed by atoms with Crippen LogP contribution in [0.3, 0.4) is 0 Å². The van der Waals surface area contributed by atoms with E-state index in [0.29, 0.717) is 29.3 Å². The molecule has 1 aromatic carbocycles. The molecule has 1 fully saturated rings. The second-order valence-electron chi connectivity index (χ2n) is 7.36. The fourth-order valence-electron chi connectivity index (χ4n) is 3.94. The van der Waals surface area contributed by atoms with Crippen LogP contribution in [0.5, 0.6) is 0 Å². The minimum absolute atomic E-state index is 0.0771. The largest absolute Gasteiger partial charge is 0.462 e. The summed E-state index contributed by atoms with van der Waals surface area (Å²) in [5.41, 5.74) is 3.05. The molecule has 0 saturated carbocycles. The van der Waals surface area contributed by atoms with Gasteiger partial charge >= 0.3 is 5.97 Å². The van der Waals surface area contributed by atoms with Crippen molar-refractivity contribution in [3.05, 3.63) is 40.5 Å². The number of likely N-dealkylation sites (tertiary alicyclic amines) is 1. The van der Waals surface area contributed by atoms with Crippen molar-refractivity contribution in [3.63, 3.8) is 0 Å². The Balaban J connectivity index is 1.72. The number of hydrogen-bond acceptors (Lipinski definition) is 6. The lowest BCUT2D eigenvalue weighted by molar-refractivity contribution is -0.127. The molecule has 0 bridgehead atoms. The van der Waals surface area contributed by atoms with E-state index in [9.17, 15) is 14.9 Å². The molecule has 1 aliphatic heterocycles. The quantitative estimate of drug-likeness (QED) is 0.595. The van der Waals surface area contributed by atoms with Gasteiger partial charge in [0, 0.05) is 42.7 Å². The Kier molecular flexibility index (Phi) is 5.31. The predicted octanol–water partition coefficient (Wildman–Crippen LogP) is 3.91. The van der Waals surface area contributed by atoms with Gasteiger partial charge in [0.15, 0.2) is 0 Å². The minimum atomic E-state index is -0.361. The number of carbonyl (C=O) groups excluding carboxylic acids is 2. The summed E-state index contributed by atoms with van der Waals surface area (Å²) in [4.78, 5) is 30.7. The first-order valence-electron chi connectivity index (χ1n) is 9.88. The van der Waals surface area contributed by atoms with Gasteiger partial charge in [-0.25, -0.2) is 9.78 Å². The number of benzene rings is 1.